The Morgan fingerprint density at radius 1 is 0.500 bits per heavy atom. The van der Waals surface area contributed by atoms with Crippen molar-refractivity contribution in [2.45, 2.75) is 12.3 Å². The van der Waals surface area contributed by atoms with Crippen molar-refractivity contribution >= 4 is 12.1 Å². The number of carbonyl (C=O) groups excluding carboxylic acids is 2. The summed E-state index contributed by atoms with van der Waals surface area (Å²) in [5.41, 5.74) is 0. The molecule has 0 radical (unpaired) electrons. The lowest BCUT2D eigenvalue weighted by atomic mass is 10.3. The van der Waals surface area contributed by atoms with Crippen LogP contribution in [0, 0.1) is 0 Å². The third-order valence-electron chi connectivity index (χ3n) is 6.20. The van der Waals surface area contributed by atoms with Crippen molar-refractivity contribution in [3.05, 3.63) is 0 Å². The lowest BCUT2D eigenvalue weighted by Gasteiger charge is -2.37. The predicted molar refractivity (Wildman–Crippen MR) is 81.8 cm³/mol. The van der Waals surface area contributed by atoms with Crippen LogP contribution in [0.5, 0.6) is 0 Å². The highest BCUT2D eigenvalue weighted by Crippen LogP contribution is 2.38. The van der Waals surface area contributed by atoms with Gasteiger partial charge in [-0.3, -0.25) is 39.2 Å². The molecule has 0 aromatic rings. The maximum atomic E-state index is 13.1. The zero-order chi connectivity index (χ0) is 16.0. The van der Waals surface area contributed by atoms with Crippen molar-refractivity contribution in [1.29, 1.82) is 0 Å². The highest BCUT2D eigenvalue weighted by atomic mass is 16.2. The molecular weight excluding hydrogens is 312 g/mol. The van der Waals surface area contributed by atoms with Gasteiger partial charge in [0.1, 0.15) is 0 Å². The molecule has 130 valence electrons. The van der Waals surface area contributed by atoms with Gasteiger partial charge in [0, 0.05) is 26.2 Å². The number of urea groups is 2. The van der Waals surface area contributed by atoms with Crippen molar-refractivity contribution < 1.29 is 9.59 Å². The highest BCUT2D eigenvalue weighted by Gasteiger charge is 2.61. The molecule has 6 rings (SSSR count). The van der Waals surface area contributed by atoms with Gasteiger partial charge in [0.2, 0.25) is 0 Å². The van der Waals surface area contributed by atoms with Gasteiger partial charge in [-0.2, -0.15) is 0 Å². The van der Waals surface area contributed by atoms with Crippen LogP contribution in [-0.2, 0) is 0 Å². The van der Waals surface area contributed by atoms with Gasteiger partial charge in [-0.15, -0.1) is 0 Å². The Morgan fingerprint density at radius 3 is 1.08 bits per heavy atom. The van der Waals surface area contributed by atoms with Crippen LogP contribution in [0.1, 0.15) is 0 Å². The monoisotopic (exact) mass is 334 g/mol. The van der Waals surface area contributed by atoms with Crippen molar-refractivity contribution in [2.24, 2.45) is 0 Å². The zero-order valence-corrected chi connectivity index (χ0v) is 13.6. The quantitative estimate of drug-likeness (QED) is 0.517. The van der Waals surface area contributed by atoms with Gasteiger partial charge in [-0.25, -0.2) is 9.59 Å². The van der Waals surface area contributed by atoms with Crippen molar-refractivity contribution in [3.8, 4) is 0 Å². The molecular formula is C14H22N8O2. The molecule has 4 unspecified atom stereocenters. The summed E-state index contributed by atoms with van der Waals surface area (Å²) in [5.74, 6) is 0. The number of nitrogens with zero attached hydrogens (tertiary/aromatic N) is 8. The maximum absolute atomic E-state index is 13.1. The molecule has 0 spiro atoms. The van der Waals surface area contributed by atoms with E-state index in [4.69, 9.17) is 0 Å². The Kier molecular flexibility index (Phi) is 2.56. The first-order chi connectivity index (χ1) is 11.7. The van der Waals surface area contributed by atoms with Crippen LogP contribution in [0.2, 0.25) is 0 Å². The summed E-state index contributed by atoms with van der Waals surface area (Å²) in [6.45, 7) is 8.01. The first-order valence-electron chi connectivity index (χ1n) is 8.73. The lowest BCUT2D eigenvalue weighted by Crippen LogP contribution is -2.56. The van der Waals surface area contributed by atoms with Crippen molar-refractivity contribution in [1.82, 2.24) is 39.2 Å². The number of amides is 4. The Hall–Kier alpha value is -1.62. The van der Waals surface area contributed by atoms with Crippen molar-refractivity contribution in [2.75, 3.05) is 66.2 Å². The van der Waals surface area contributed by atoms with Gasteiger partial charge in [-0.1, -0.05) is 0 Å². The van der Waals surface area contributed by atoms with E-state index in [1.807, 2.05) is 19.6 Å². The molecule has 6 fully saturated rings. The van der Waals surface area contributed by atoms with Crippen LogP contribution < -0.4 is 0 Å². The maximum Gasteiger partial charge on any atom is 0.325 e. The first-order valence-corrected chi connectivity index (χ1v) is 8.73. The molecule has 10 nitrogen and oxygen atoms in total. The zero-order valence-electron chi connectivity index (χ0n) is 13.6. The molecule has 0 aromatic carbocycles. The van der Waals surface area contributed by atoms with E-state index < -0.39 is 0 Å². The van der Waals surface area contributed by atoms with Crippen LogP contribution in [0.3, 0.4) is 0 Å². The summed E-state index contributed by atoms with van der Waals surface area (Å²) >= 11 is 0. The molecule has 0 aromatic heterocycles. The van der Waals surface area contributed by atoms with E-state index in [9.17, 15) is 9.59 Å². The van der Waals surface area contributed by atoms with E-state index in [-0.39, 0.29) is 24.4 Å². The number of hydrogen-bond donors (Lipinski definition) is 0. The minimum Gasteiger partial charge on any atom is -0.287 e. The second-order valence-electron chi connectivity index (χ2n) is 7.70. The van der Waals surface area contributed by atoms with Crippen molar-refractivity contribution in [3.63, 3.8) is 0 Å². The molecule has 10 heteroatoms. The van der Waals surface area contributed by atoms with Crippen LogP contribution in [0.25, 0.3) is 0 Å². The fraction of sp³-hybridized carbons (Fsp3) is 0.857. The fourth-order valence-electron chi connectivity index (χ4n) is 5.08. The standard InChI is InChI=1S/C14H22N8O2/c23-13-19-7-15-1-2-16(5-15)8-20-11(19)12-21(13)9-17-3-4-18(6-17)10-22(12)14(20)24/h11-12H,1-10H2. The van der Waals surface area contributed by atoms with E-state index >= 15 is 0 Å². The van der Waals surface area contributed by atoms with Crippen LogP contribution in [0.15, 0.2) is 0 Å². The summed E-state index contributed by atoms with van der Waals surface area (Å²) in [5, 5.41) is 0. The Bertz CT molecular complexity index is 520. The predicted octanol–water partition coefficient (Wildman–Crippen LogP) is -1.88. The van der Waals surface area contributed by atoms with Crippen LogP contribution in [-0.4, -0.2) is 130 Å². The van der Waals surface area contributed by atoms with Gasteiger partial charge in [0.05, 0.1) is 40.0 Å². The second-order valence-corrected chi connectivity index (χ2v) is 7.70. The Balaban J connectivity index is 1.44. The molecule has 0 N–H and O–H groups in total. The number of fused-ring (bicyclic) bond motifs is 4. The largest absolute Gasteiger partial charge is 0.325 e. The summed E-state index contributed by atoms with van der Waals surface area (Å²) in [6.07, 6.45) is -0.318. The molecule has 6 aliphatic heterocycles. The van der Waals surface area contributed by atoms with Crippen LogP contribution in [0.4, 0.5) is 9.59 Å². The average molecular weight is 334 g/mol. The minimum absolute atomic E-state index is 0.0770. The fourth-order valence-corrected chi connectivity index (χ4v) is 5.08. The van der Waals surface area contributed by atoms with Gasteiger partial charge in [0.15, 0.2) is 12.3 Å². The molecule has 6 aliphatic rings. The van der Waals surface area contributed by atoms with E-state index in [1.54, 1.807) is 0 Å². The third-order valence-corrected chi connectivity index (χ3v) is 6.20. The Morgan fingerprint density at radius 2 is 0.792 bits per heavy atom. The molecule has 0 aliphatic carbocycles. The summed E-state index contributed by atoms with van der Waals surface area (Å²) < 4.78 is 0. The Labute approximate surface area is 140 Å². The minimum atomic E-state index is -0.159. The lowest BCUT2D eigenvalue weighted by molar-refractivity contribution is 0.0175. The number of rotatable bonds is 0. The smallest absolute Gasteiger partial charge is 0.287 e. The molecule has 24 heavy (non-hydrogen) atoms. The molecule has 6 heterocycles. The first kappa shape index (κ1) is 13.6. The number of carbonyl (C=O) groups is 2. The SMILES string of the molecule is O=C1N2CN3CCN(C3)CN3C(=O)N4CN5CCN(C5)CN1C4C23. The molecule has 4 amide bonds. The van der Waals surface area contributed by atoms with Gasteiger partial charge in [-0.05, 0) is 0 Å². The number of hydrogen-bond acceptors (Lipinski definition) is 6. The average Bonchev–Trinajstić information content (AvgIpc) is 3.26. The normalized spacial score (nSPS) is 46.2. The summed E-state index contributed by atoms with van der Waals surface area (Å²) in [6, 6.07) is 0.154. The van der Waals surface area contributed by atoms with E-state index in [0.29, 0.717) is 26.7 Å². The highest BCUT2D eigenvalue weighted by molar-refractivity contribution is 5.85. The van der Waals surface area contributed by atoms with E-state index in [2.05, 4.69) is 19.6 Å². The van der Waals surface area contributed by atoms with Gasteiger partial charge in [0.25, 0.3) is 0 Å². The van der Waals surface area contributed by atoms with Crippen LogP contribution >= 0.6 is 0 Å². The molecule has 4 atom stereocenters. The van der Waals surface area contributed by atoms with E-state index in [1.165, 1.54) is 0 Å². The van der Waals surface area contributed by atoms with Gasteiger partial charge < -0.3 is 0 Å². The van der Waals surface area contributed by atoms with E-state index in [0.717, 1.165) is 39.5 Å². The topological polar surface area (TPSA) is 60.1 Å². The second kappa shape index (κ2) is 4.51. The molecule has 0 saturated carbocycles. The van der Waals surface area contributed by atoms with Gasteiger partial charge >= 0.3 is 12.1 Å². The molecule has 6 saturated heterocycles. The molecule has 4 bridgehead atoms. The third kappa shape index (κ3) is 1.64. The summed E-state index contributed by atoms with van der Waals surface area (Å²) in [4.78, 5) is 43.2. The summed E-state index contributed by atoms with van der Waals surface area (Å²) in [7, 11) is 0.